The van der Waals surface area contributed by atoms with E-state index in [1.54, 1.807) is 24.3 Å². The third-order valence-corrected chi connectivity index (χ3v) is 12.7. The van der Waals surface area contributed by atoms with Crippen molar-refractivity contribution in [1.29, 1.82) is 0 Å². The van der Waals surface area contributed by atoms with Crippen LogP contribution >= 0.6 is 0 Å². The molecule has 0 N–H and O–H groups in total. The fourth-order valence-electron chi connectivity index (χ4n) is 8.86. The molecule has 0 aliphatic carbocycles. The van der Waals surface area contributed by atoms with Crippen molar-refractivity contribution < 1.29 is 41.5 Å². The fraction of sp³-hybridized carbons (Fsp3) is 0.258. The molecule has 0 bridgehead atoms. The Morgan fingerprint density at radius 3 is 2.00 bits per heavy atom. The van der Waals surface area contributed by atoms with Crippen LogP contribution in [0.5, 0.6) is 0 Å². The average molecular weight is 1130 g/mol. The molecule has 0 saturated carbocycles. The molecule has 4 heterocycles. The van der Waals surface area contributed by atoms with E-state index in [1.807, 2.05) is 36.5 Å². The standard InChI is InChI=1S/C47H44FN4O.C15H15FN.Ir/c1-26(2)36-22-31(30-17-19-33(20-18-30)47(7,8)9)23-37(27(3)4)44(36)52-41-16-11-10-15-39(41)51-46(52)35-14-12-13-34-43-38(48)24-32(25-42(43)53-45(34)35)40-21-28(5)49-29(6)50-40;1-15(2,3)12-6-9-14(17-10-12)11-4-7-13(16)8-5-11;/h10-13,15-27H,1-9H3;4,6-10H,1-3H3;/q2*-1;/i5D3,6D3;;. The molecular weight excluding hydrogens is 1060 g/mol. The Balaban J connectivity index is 0.000000370. The monoisotopic (exact) mass is 1130 g/mol. The SMILES string of the molecule is CC(C)(C)c1ccc(-c2[c-]cc(F)cc2)nc1.[2H]C([2H])([2H])c1cc(-c2cc(F)c3c(c2)oc2c(-c4nc5ccccc5n4-c4c(C(C)C)cc(-c5ccc(C(C)(C)C)cc5)cc4C(C)C)[c-]ccc23)nc(C([2H])([2H])[2H])n1.[Ir]. The Kier molecular flexibility index (Phi) is 12.1. The summed E-state index contributed by atoms with van der Waals surface area (Å²) in [7, 11) is 0. The summed E-state index contributed by atoms with van der Waals surface area (Å²) in [4.78, 5) is 17.6. The quantitative estimate of drug-likeness (QED) is 0.149. The molecule has 0 amide bonds. The number of hydrogen-bond donors (Lipinski definition) is 0. The third-order valence-electron chi connectivity index (χ3n) is 12.7. The van der Waals surface area contributed by atoms with E-state index in [0.29, 0.717) is 22.4 Å². The number of furan rings is 1. The van der Waals surface area contributed by atoms with E-state index in [1.165, 1.54) is 29.3 Å². The van der Waals surface area contributed by atoms with E-state index in [-0.39, 0.29) is 70.8 Å². The summed E-state index contributed by atoms with van der Waals surface area (Å²) in [6, 6.07) is 43.4. The van der Waals surface area contributed by atoms with E-state index in [9.17, 15) is 4.39 Å². The second-order valence-corrected chi connectivity index (χ2v) is 20.5. The first-order valence-electron chi connectivity index (χ1n) is 26.6. The van der Waals surface area contributed by atoms with Crippen LogP contribution in [0.15, 0.2) is 132 Å². The molecule has 10 rings (SSSR count). The molecule has 0 aliphatic rings. The Bertz CT molecular complexity index is 3720. The summed E-state index contributed by atoms with van der Waals surface area (Å²) in [5, 5.41) is 0.697. The predicted molar refractivity (Wildman–Crippen MR) is 283 cm³/mol. The summed E-state index contributed by atoms with van der Waals surface area (Å²) in [5.74, 6) is -0.746. The van der Waals surface area contributed by atoms with Crippen molar-refractivity contribution in [1.82, 2.24) is 24.5 Å². The van der Waals surface area contributed by atoms with Gasteiger partial charge in [0.05, 0.1) is 28.1 Å². The first-order chi connectivity index (χ1) is 35.7. The normalized spacial score (nSPS) is 13.5. The van der Waals surface area contributed by atoms with Crippen LogP contribution in [0.2, 0.25) is 0 Å². The van der Waals surface area contributed by atoms with E-state index >= 15 is 4.39 Å². The number of para-hydroxylation sites is 2. The van der Waals surface area contributed by atoms with Crippen molar-refractivity contribution >= 4 is 33.0 Å². The van der Waals surface area contributed by atoms with Crippen molar-refractivity contribution in [3.05, 3.63) is 185 Å². The minimum Gasteiger partial charge on any atom is -0.500 e. The van der Waals surface area contributed by atoms with Crippen molar-refractivity contribution in [2.45, 2.75) is 106 Å². The second-order valence-electron chi connectivity index (χ2n) is 20.5. The Labute approximate surface area is 438 Å². The molecule has 0 aliphatic heterocycles. The number of nitrogens with zero attached hydrogens (tertiary/aromatic N) is 5. The minimum atomic E-state index is -2.79. The van der Waals surface area contributed by atoms with Gasteiger partial charge < -0.3 is 14.0 Å². The molecule has 0 atom stereocenters. The molecule has 0 spiro atoms. The van der Waals surface area contributed by atoms with E-state index in [2.05, 4.69) is 143 Å². The summed E-state index contributed by atoms with van der Waals surface area (Å²) in [6.45, 7) is 16.3. The van der Waals surface area contributed by atoms with Gasteiger partial charge in [-0.2, -0.15) is 0 Å². The van der Waals surface area contributed by atoms with Crippen LogP contribution in [0, 0.1) is 37.5 Å². The van der Waals surface area contributed by atoms with Crippen molar-refractivity contribution in [2.24, 2.45) is 0 Å². The maximum Gasteiger partial charge on any atom is 0.133 e. The van der Waals surface area contributed by atoms with Gasteiger partial charge in [0.15, 0.2) is 0 Å². The molecule has 363 valence electrons. The van der Waals surface area contributed by atoms with Crippen molar-refractivity contribution in [2.75, 3.05) is 0 Å². The van der Waals surface area contributed by atoms with Crippen LogP contribution in [0.25, 0.3) is 83.7 Å². The minimum absolute atomic E-state index is 0. The summed E-state index contributed by atoms with van der Waals surface area (Å²) < 4.78 is 85.2. The number of hydrogen-bond acceptors (Lipinski definition) is 5. The predicted octanol–water partition coefficient (Wildman–Crippen LogP) is 16.8. The Morgan fingerprint density at radius 1 is 0.676 bits per heavy atom. The van der Waals surface area contributed by atoms with E-state index in [4.69, 9.17) is 17.6 Å². The molecule has 0 saturated heterocycles. The molecule has 6 nitrogen and oxygen atoms in total. The molecule has 0 fully saturated rings. The average Bonchev–Trinajstić information content (AvgIpc) is 3.95. The molecule has 10 aromatic rings. The molecule has 6 aromatic carbocycles. The summed E-state index contributed by atoms with van der Waals surface area (Å²) in [5.41, 5.74) is 12.1. The van der Waals surface area contributed by atoms with Crippen LogP contribution in [-0.4, -0.2) is 24.5 Å². The van der Waals surface area contributed by atoms with E-state index < -0.39 is 31.0 Å². The van der Waals surface area contributed by atoms with Gasteiger partial charge in [-0.25, -0.2) is 14.4 Å². The van der Waals surface area contributed by atoms with Crippen LogP contribution < -0.4 is 0 Å². The summed E-state index contributed by atoms with van der Waals surface area (Å²) in [6.07, 6.45) is 1.87. The smallest absolute Gasteiger partial charge is 0.133 e. The number of halogens is 2. The van der Waals surface area contributed by atoms with E-state index in [0.717, 1.165) is 56.3 Å². The maximum atomic E-state index is 16.4. The number of aromatic nitrogens is 5. The van der Waals surface area contributed by atoms with Gasteiger partial charge in [0, 0.05) is 62.7 Å². The van der Waals surface area contributed by atoms with Crippen LogP contribution in [0.1, 0.15) is 123 Å². The maximum absolute atomic E-state index is 16.4. The van der Waals surface area contributed by atoms with Gasteiger partial charge in [-0.15, -0.1) is 48.0 Å². The molecule has 71 heavy (non-hydrogen) atoms. The molecule has 1 radical (unpaired) electrons. The number of rotatable bonds is 7. The Morgan fingerprint density at radius 2 is 1.38 bits per heavy atom. The zero-order valence-corrected chi connectivity index (χ0v) is 43.9. The third kappa shape index (κ3) is 10.3. The molecule has 9 heteroatoms. The van der Waals surface area contributed by atoms with Gasteiger partial charge in [0.1, 0.15) is 17.2 Å². The summed E-state index contributed by atoms with van der Waals surface area (Å²) >= 11 is 0. The van der Waals surface area contributed by atoms with Gasteiger partial charge >= 0.3 is 0 Å². The zero-order valence-electron chi connectivity index (χ0n) is 47.5. The number of imidazole rings is 1. The molecule has 4 aromatic heterocycles. The van der Waals surface area contributed by atoms with Gasteiger partial charge in [0.2, 0.25) is 0 Å². The van der Waals surface area contributed by atoms with Crippen molar-refractivity contribution in [3.8, 4) is 50.7 Å². The second kappa shape index (κ2) is 19.9. The van der Waals surface area contributed by atoms with Crippen LogP contribution in [0.4, 0.5) is 8.78 Å². The van der Waals surface area contributed by atoms with Gasteiger partial charge in [-0.3, -0.25) is 9.37 Å². The number of fused-ring (bicyclic) bond motifs is 4. The van der Waals surface area contributed by atoms with Crippen molar-refractivity contribution in [3.63, 3.8) is 0 Å². The fourth-order valence-corrected chi connectivity index (χ4v) is 8.86. The van der Waals surface area contributed by atoms with Gasteiger partial charge in [-0.1, -0.05) is 129 Å². The number of pyridine rings is 1. The van der Waals surface area contributed by atoms with Gasteiger partial charge in [-0.05, 0) is 118 Å². The molecular formula is C62H59F2IrN5O-2. The Hall–Kier alpha value is -6.67. The van der Waals surface area contributed by atoms with Crippen LogP contribution in [-0.2, 0) is 30.9 Å². The topological polar surface area (TPSA) is 69.6 Å². The van der Waals surface area contributed by atoms with Crippen LogP contribution in [0.3, 0.4) is 0 Å². The number of aryl methyl sites for hydroxylation is 2. The largest absolute Gasteiger partial charge is 0.500 e. The zero-order chi connectivity index (χ0) is 54.8. The first kappa shape index (κ1) is 43.1. The molecule has 0 unspecified atom stereocenters. The first-order valence-corrected chi connectivity index (χ1v) is 23.6. The number of benzene rings is 6. The van der Waals surface area contributed by atoms with Gasteiger partial charge in [0.25, 0.3) is 0 Å².